The van der Waals surface area contributed by atoms with Crippen molar-refractivity contribution in [3.05, 3.63) is 12.3 Å². The lowest BCUT2D eigenvalue weighted by Crippen LogP contribution is -2.52. The number of nitrogens with zero attached hydrogens (tertiary/aromatic N) is 2. The first-order chi connectivity index (χ1) is 8.40. The zero-order valence-corrected chi connectivity index (χ0v) is 10.4. The lowest BCUT2D eigenvalue weighted by atomic mass is 10.1. The number of sulfonamides is 1. The molecule has 1 fully saturated rings. The molecule has 8 nitrogen and oxygen atoms in total. The van der Waals surface area contributed by atoms with Gasteiger partial charge in [0.2, 0.25) is 11.8 Å². The van der Waals surface area contributed by atoms with Gasteiger partial charge in [-0.25, -0.2) is 8.42 Å². The second kappa shape index (κ2) is 4.50. The molecule has 0 aliphatic carbocycles. The van der Waals surface area contributed by atoms with E-state index in [1.807, 2.05) is 0 Å². The van der Waals surface area contributed by atoms with Gasteiger partial charge in [0, 0.05) is 13.5 Å². The van der Waals surface area contributed by atoms with Gasteiger partial charge < -0.3 is 0 Å². The Balaban J connectivity index is 2.17. The molecule has 0 radical (unpaired) electrons. The molecule has 0 spiro atoms. The van der Waals surface area contributed by atoms with Crippen molar-refractivity contribution in [2.45, 2.75) is 23.9 Å². The summed E-state index contributed by atoms with van der Waals surface area (Å²) in [4.78, 5) is 22.4. The van der Waals surface area contributed by atoms with Crippen LogP contribution >= 0.6 is 0 Å². The summed E-state index contributed by atoms with van der Waals surface area (Å²) in [6, 6.07) is 0.399. The molecule has 2 amide bonds. The van der Waals surface area contributed by atoms with Crippen molar-refractivity contribution < 1.29 is 18.0 Å². The zero-order valence-electron chi connectivity index (χ0n) is 9.58. The fourth-order valence-corrected chi connectivity index (χ4v) is 3.03. The average molecular weight is 272 g/mol. The van der Waals surface area contributed by atoms with Crippen molar-refractivity contribution in [3.8, 4) is 0 Å². The highest BCUT2D eigenvalue weighted by Gasteiger charge is 2.31. The van der Waals surface area contributed by atoms with Crippen molar-refractivity contribution in [1.82, 2.24) is 19.8 Å². The molecule has 1 aromatic heterocycles. The molecule has 18 heavy (non-hydrogen) atoms. The van der Waals surface area contributed by atoms with Crippen LogP contribution in [0.2, 0.25) is 0 Å². The van der Waals surface area contributed by atoms with Gasteiger partial charge in [-0.05, 0) is 12.5 Å². The Labute approximate surface area is 103 Å². The number of amides is 2. The minimum atomic E-state index is -3.82. The summed E-state index contributed by atoms with van der Waals surface area (Å²) in [5.41, 5.74) is 0. The first kappa shape index (κ1) is 12.7. The lowest BCUT2D eigenvalue weighted by molar-refractivity contribution is -0.134. The van der Waals surface area contributed by atoms with Crippen molar-refractivity contribution in [2.24, 2.45) is 7.05 Å². The minimum Gasteiger partial charge on any atom is -0.295 e. The smallest absolute Gasteiger partial charge is 0.258 e. The van der Waals surface area contributed by atoms with Crippen LogP contribution < -0.4 is 10.0 Å². The van der Waals surface area contributed by atoms with E-state index < -0.39 is 27.9 Å². The molecule has 1 saturated heterocycles. The predicted octanol–water partition coefficient (Wildman–Crippen LogP) is -1.50. The fourth-order valence-electron chi connectivity index (χ4n) is 1.68. The molecule has 1 aliphatic rings. The van der Waals surface area contributed by atoms with Gasteiger partial charge in [0.05, 0.1) is 6.20 Å². The van der Waals surface area contributed by atoms with Gasteiger partial charge in [0.25, 0.3) is 10.0 Å². The molecule has 9 heteroatoms. The van der Waals surface area contributed by atoms with Crippen molar-refractivity contribution in [1.29, 1.82) is 0 Å². The number of carbonyl (C=O) groups excluding carboxylic acids is 2. The monoisotopic (exact) mass is 272 g/mol. The summed E-state index contributed by atoms with van der Waals surface area (Å²) in [7, 11) is -2.33. The van der Waals surface area contributed by atoms with Gasteiger partial charge in [-0.1, -0.05) is 0 Å². The number of rotatable bonds is 3. The summed E-state index contributed by atoms with van der Waals surface area (Å²) in [6.45, 7) is 0. The molecule has 98 valence electrons. The minimum absolute atomic E-state index is 0.0350. The maximum atomic E-state index is 12.0. The normalized spacial score (nSPS) is 20.8. The number of hydrogen-bond acceptors (Lipinski definition) is 5. The third-order valence-electron chi connectivity index (χ3n) is 2.59. The van der Waals surface area contributed by atoms with Gasteiger partial charge in [0.15, 0.2) is 5.03 Å². The Hall–Kier alpha value is -1.74. The third-order valence-corrected chi connectivity index (χ3v) is 4.13. The van der Waals surface area contributed by atoms with Gasteiger partial charge in [-0.3, -0.25) is 19.6 Å². The van der Waals surface area contributed by atoms with Crippen molar-refractivity contribution >= 4 is 21.8 Å². The third kappa shape index (κ3) is 2.41. The van der Waals surface area contributed by atoms with Crippen molar-refractivity contribution in [2.75, 3.05) is 0 Å². The average Bonchev–Trinajstić information content (AvgIpc) is 2.69. The van der Waals surface area contributed by atoms with E-state index in [4.69, 9.17) is 0 Å². The molecule has 2 rings (SSSR count). The number of hydrogen-bond donors (Lipinski definition) is 2. The standard InChI is InChI=1S/C9H12N4O4S/c1-13-8(4-5-10-13)18(16,17)12-6-2-3-7(14)11-9(6)15/h4-6,12H,2-3H2,1H3,(H,11,14,15). The maximum absolute atomic E-state index is 12.0. The van der Waals surface area contributed by atoms with E-state index in [-0.39, 0.29) is 17.9 Å². The molecular weight excluding hydrogens is 260 g/mol. The molecule has 1 aromatic rings. The number of nitrogens with one attached hydrogen (secondary N) is 2. The van der Waals surface area contributed by atoms with Gasteiger partial charge in [0.1, 0.15) is 6.04 Å². The van der Waals surface area contributed by atoms with Crippen LogP contribution in [0.25, 0.3) is 0 Å². The van der Waals surface area contributed by atoms with E-state index in [9.17, 15) is 18.0 Å². The molecule has 0 saturated carbocycles. The molecule has 2 N–H and O–H groups in total. The van der Waals surface area contributed by atoms with E-state index >= 15 is 0 Å². The molecule has 1 atom stereocenters. The Morgan fingerprint density at radius 1 is 1.50 bits per heavy atom. The largest absolute Gasteiger partial charge is 0.295 e. The Morgan fingerprint density at radius 3 is 2.78 bits per heavy atom. The van der Waals surface area contributed by atoms with E-state index in [0.717, 1.165) is 0 Å². The zero-order chi connectivity index (χ0) is 13.3. The quantitative estimate of drug-likeness (QED) is 0.651. The van der Waals surface area contributed by atoms with Crippen LogP contribution in [-0.2, 0) is 26.7 Å². The van der Waals surface area contributed by atoms with E-state index in [1.165, 1.54) is 24.0 Å². The number of imide groups is 1. The van der Waals surface area contributed by atoms with Gasteiger partial charge in [-0.15, -0.1) is 0 Å². The first-order valence-corrected chi connectivity index (χ1v) is 6.72. The predicted molar refractivity (Wildman–Crippen MR) is 59.7 cm³/mol. The van der Waals surface area contributed by atoms with Crippen LogP contribution in [-0.4, -0.2) is 36.1 Å². The van der Waals surface area contributed by atoms with E-state index in [1.54, 1.807) is 0 Å². The van der Waals surface area contributed by atoms with Crippen molar-refractivity contribution in [3.63, 3.8) is 0 Å². The fraction of sp³-hybridized carbons (Fsp3) is 0.444. The summed E-state index contributed by atoms with van der Waals surface area (Å²) < 4.78 is 27.4. The summed E-state index contributed by atoms with van der Waals surface area (Å²) in [5, 5.41) is 5.80. The number of carbonyl (C=O) groups is 2. The van der Waals surface area contributed by atoms with E-state index in [0.29, 0.717) is 0 Å². The SMILES string of the molecule is Cn1nccc1S(=O)(=O)NC1CCC(=O)NC1=O. The molecule has 2 heterocycles. The van der Waals surface area contributed by atoms with Crippen LogP contribution in [0.3, 0.4) is 0 Å². The Bertz CT molecular complexity index is 591. The second-order valence-electron chi connectivity index (χ2n) is 3.92. The highest BCUT2D eigenvalue weighted by atomic mass is 32.2. The Kier molecular flexibility index (Phi) is 3.18. The second-order valence-corrected chi connectivity index (χ2v) is 5.58. The summed E-state index contributed by atoms with van der Waals surface area (Å²) >= 11 is 0. The van der Waals surface area contributed by atoms with Gasteiger partial charge in [-0.2, -0.15) is 9.82 Å². The lowest BCUT2D eigenvalue weighted by Gasteiger charge is -2.21. The molecule has 0 bridgehead atoms. The summed E-state index contributed by atoms with van der Waals surface area (Å²) in [6.07, 6.45) is 1.62. The number of aryl methyl sites for hydroxylation is 1. The van der Waals surface area contributed by atoms with E-state index in [2.05, 4.69) is 15.1 Å². The van der Waals surface area contributed by atoms with Crippen LogP contribution in [0.4, 0.5) is 0 Å². The first-order valence-electron chi connectivity index (χ1n) is 5.24. The van der Waals surface area contributed by atoms with Gasteiger partial charge >= 0.3 is 0 Å². The highest BCUT2D eigenvalue weighted by molar-refractivity contribution is 7.89. The number of aromatic nitrogens is 2. The molecular formula is C9H12N4O4S. The Morgan fingerprint density at radius 2 is 2.22 bits per heavy atom. The van der Waals surface area contributed by atoms with Crippen LogP contribution in [0.1, 0.15) is 12.8 Å². The molecule has 0 aromatic carbocycles. The van der Waals surface area contributed by atoms with Crippen LogP contribution in [0.5, 0.6) is 0 Å². The number of piperidine rings is 1. The maximum Gasteiger partial charge on any atom is 0.258 e. The highest BCUT2D eigenvalue weighted by Crippen LogP contribution is 2.11. The van der Waals surface area contributed by atoms with Crippen LogP contribution in [0.15, 0.2) is 17.3 Å². The topological polar surface area (TPSA) is 110 Å². The van der Waals surface area contributed by atoms with Crippen LogP contribution in [0, 0.1) is 0 Å². The molecule has 1 unspecified atom stereocenters. The molecule has 1 aliphatic heterocycles. The summed E-state index contributed by atoms with van der Waals surface area (Å²) in [5.74, 6) is -1.02.